The van der Waals surface area contributed by atoms with Crippen LogP contribution < -0.4 is 4.90 Å². The summed E-state index contributed by atoms with van der Waals surface area (Å²) in [4.78, 5) is 22.8. The lowest BCUT2D eigenvalue weighted by Crippen LogP contribution is -2.31. The predicted octanol–water partition coefficient (Wildman–Crippen LogP) is 2.83. The van der Waals surface area contributed by atoms with Crippen molar-refractivity contribution in [2.24, 2.45) is 0 Å². The van der Waals surface area contributed by atoms with E-state index in [9.17, 15) is 20.2 Å². The summed E-state index contributed by atoms with van der Waals surface area (Å²) < 4.78 is 0. The van der Waals surface area contributed by atoms with Crippen LogP contribution in [0.25, 0.3) is 0 Å². The number of thioether (sulfide) groups is 1. The fourth-order valence-electron chi connectivity index (χ4n) is 2.53. The van der Waals surface area contributed by atoms with E-state index in [2.05, 4.69) is 0 Å². The van der Waals surface area contributed by atoms with Crippen LogP contribution in [0.2, 0.25) is 0 Å². The van der Waals surface area contributed by atoms with Crippen molar-refractivity contribution < 1.29 is 9.85 Å². The number of hydrogen-bond donors (Lipinski definition) is 0. The van der Waals surface area contributed by atoms with Crippen LogP contribution in [0.3, 0.4) is 0 Å². The highest BCUT2D eigenvalue weighted by Gasteiger charge is 2.30. The van der Waals surface area contributed by atoms with Gasteiger partial charge < -0.3 is 4.90 Å². The van der Waals surface area contributed by atoms with E-state index in [1.54, 1.807) is 11.8 Å². The molecule has 1 aromatic carbocycles. The first-order chi connectivity index (χ1) is 9.54. The summed E-state index contributed by atoms with van der Waals surface area (Å²) in [6, 6.07) is 4.13. The van der Waals surface area contributed by atoms with E-state index in [4.69, 9.17) is 0 Å². The van der Waals surface area contributed by atoms with Crippen molar-refractivity contribution in [1.29, 1.82) is 0 Å². The summed E-state index contributed by atoms with van der Waals surface area (Å²) in [5.41, 5.74) is 0.0467. The number of nitrogens with zero attached hydrogens (tertiary/aromatic N) is 3. The Hall–Kier alpha value is -1.83. The number of hydrogen-bond acceptors (Lipinski definition) is 6. The number of nitro groups is 2. The third-order valence-corrected chi connectivity index (χ3v) is 4.13. The number of non-ortho nitro benzene ring substituents is 1. The van der Waals surface area contributed by atoms with E-state index < -0.39 is 9.85 Å². The molecule has 0 saturated carbocycles. The first-order valence-electron chi connectivity index (χ1n) is 6.23. The van der Waals surface area contributed by atoms with Crippen molar-refractivity contribution in [3.05, 3.63) is 38.4 Å². The molecule has 20 heavy (non-hydrogen) atoms. The van der Waals surface area contributed by atoms with Gasteiger partial charge in [-0.2, -0.15) is 11.8 Å². The molecule has 1 aliphatic heterocycles. The van der Waals surface area contributed by atoms with Crippen LogP contribution in [0, 0.1) is 20.2 Å². The van der Waals surface area contributed by atoms with Gasteiger partial charge in [-0.05, 0) is 25.2 Å². The zero-order chi connectivity index (χ0) is 14.7. The Labute approximate surface area is 120 Å². The Morgan fingerprint density at radius 2 is 2.10 bits per heavy atom. The van der Waals surface area contributed by atoms with Crippen molar-refractivity contribution in [3.63, 3.8) is 0 Å². The van der Waals surface area contributed by atoms with Gasteiger partial charge in [-0.3, -0.25) is 20.2 Å². The highest BCUT2D eigenvalue weighted by atomic mass is 32.2. The van der Waals surface area contributed by atoms with Gasteiger partial charge in [0.15, 0.2) is 0 Å². The van der Waals surface area contributed by atoms with Crippen molar-refractivity contribution in [3.8, 4) is 0 Å². The first-order valence-corrected chi connectivity index (χ1v) is 7.62. The Kier molecular flexibility index (Phi) is 4.43. The topological polar surface area (TPSA) is 89.5 Å². The van der Waals surface area contributed by atoms with Crippen LogP contribution in [0.15, 0.2) is 18.2 Å². The Morgan fingerprint density at radius 3 is 2.70 bits per heavy atom. The van der Waals surface area contributed by atoms with Crippen molar-refractivity contribution in [2.45, 2.75) is 18.9 Å². The van der Waals surface area contributed by atoms with Crippen LogP contribution in [-0.2, 0) is 0 Å². The van der Waals surface area contributed by atoms with Gasteiger partial charge >= 0.3 is 0 Å². The van der Waals surface area contributed by atoms with E-state index in [1.165, 1.54) is 12.1 Å². The molecule has 108 valence electrons. The average Bonchev–Trinajstić information content (AvgIpc) is 2.86. The quantitative estimate of drug-likeness (QED) is 0.613. The molecule has 0 amide bonds. The molecule has 0 bridgehead atoms. The molecule has 1 fully saturated rings. The van der Waals surface area contributed by atoms with E-state index >= 15 is 0 Å². The number of rotatable bonds is 5. The van der Waals surface area contributed by atoms with E-state index in [1.807, 2.05) is 11.2 Å². The Morgan fingerprint density at radius 1 is 1.35 bits per heavy atom. The van der Waals surface area contributed by atoms with Crippen LogP contribution in [-0.4, -0.2) is 34.4 Å². The number of nitro benzene ring substituents is 2. The monoisotopic (exact) mass is 297 g/mol. The summed E-state index contributed by atoms with van der Waals surface area (Å²) >= 11 is 1.70. The van der Waals surface area contributed by atoms with Gasteiger partial charge in [0.2, 0.25) is 0 Å². The molecule has 0 spiro atoms. The largest absolute Gasteiger partial charge is 0.362 e. The van der Waals surface area contributed by atoms with Crippen molar-refractivity contribution in [1.82, 2.24) is 0 Å². The molecule has 7 nitrogen and oxygen atoms in total. The number of anilines is 1. The standard InChI is InChI=1S/C12H15N3O4S/c1-20-8-10-3-2-6-13(10)11-5-4-9(14(16)17)7-12(11)15(18)19/h4-5,7,10H,2-3,6,8H2,1H3. The minimum atomic E-state index is -0.611. The molecule has 0 aliphatic carbocycles. The smallest absolute Gasteiger partial charge is 0.299 e. The fraction of sp³-hybridized carbons (Fsp3) is 0.500. The predicted molar refractivity (Wildman–Crippen MR) is 78.5 cm³/mol. The van der Waals surface area contributed by atoms with E-state index in [0.717, 1.165) is 31.2 Å². The maximum atomic E-state index is 11.2. The zero-order valence-electron chi connectivity index (χ0n) is 11.0. The third kappa shape index (κ3) is 2.84. The lowest BCUT2D eigenvalue weighted by atomic mass is 10.2. The molecular formula is C12H15N3O4S. The highest BCUT2D eigenvalue weighted by molar-refractivity contribution is 7.98. The Balaban J connectivity index is 2.40. The lowest BCUT2D eigenvalue weighted by Gasteiger charge is -2.25. The second-order valence-corrected chi connectivity index (χ2v) is 5.54. The Bertz CT molecular complexity index is 537. The maximum absolute atomic E-state index is 11.2. The maximum Gasteiger partial charge on any atom is 0.299 e. The van der Waals surface area contributed by atoms with Crippen LogP contribution in [0.5, 0.6) is 0 Å². The molecule has 2 rings (SSSR count). The van der Waals surface area contributed by atoms with Gasteiger partial charge in [0.25, 0.3) is 11.4 Å². The van der Waals surface area contributed by atoms with E-state index in [-0.39, 0.29) is 17.4 Å². The molecule has 0 radical (unpaired) electrons. The SMILES string of the molecule is CSCC1CCCN1c1ccc([N+](=O)[O-])cc1[N+](=O)[O-]. The normalized spacial score (nSPS) is 18.2. The molecule has 1 heterocycles. The molecule has 0 aromatic heterocycles. The zero-order valence-corrected chi connectivity index (χ0v) is 11.8. The minimum Gasteiger partial charge on any atom is -0.362 e. The average molecular weight is 297 g/mol. The number of benzene rings is 1. The second-order valence-electron chi connectivity index (χ2n) is 4.63. The van der Waals surface area contributed by atoms with Gasteiger partial charge in [-0.25, -0.2) is 0 Å². The molecule has 0 N–H and O–H groups in total. The van der Waals surface area contributed by atoms with Crippen LogP contribution in [0.4, 0.5) is 17.1 Å². The molecule has 1 saturated heterocycles. The van der Waals surface area contributed by atoms with Gasteiger partial charge in [-0.15, -0.1) is 0 Å². The summed E-state index contributed by atoms with van der Waals surface area (Å²) in [6.07, 6.45) is 3.98. The summed E-state index contributed by atoms with van der Waals surface area (Å²) in [5, 5.41) is 21.9. The summed E-state index contributed by atoms with van der Waals surface area (Å²) in [6.45, 7) is 0.754. The van der Waals surface area contributed by atoms with Crippen LogP contribution in [0.1, 0.15) is 12.8 Å². The van der Waals surface area contributed by atoms with Crippen molar-refractivity contribution in [2.75, 3.05) is 23.5 Å². The van der Waals surface area contributed by atoms with Gasteiger partial charge in [0.1, 0.15) is 5.69 Å². The lowest BCUT2D eigenvalue weighted by molar-refractivity contribution is -0.393. The molecular weight excluding hydrogens is 282 g/mol. The molecule has 1 unspecified atom stereocenters. The van der Waals surface area contributed by atoms with Crippen molar-refractivity contribution >= 4 is 28.8 Å². The van der Waals surface area contributed by atoms with Gasteiger partial charge in [0, 0.05) is 24.4 Å². The summed E-state index contributed by atoms with van der Waals surface area (Å²) in [5.74, 6) is 0.897. The molecule has 1 aromatic rings. The van der Waals surface area contributed by atoms with Gasteiger partial charge in [-0.1, -0.05) is 0 Å². The highest BCUT2D eigenvalue weighted by Crippen LogP contribution is 2.36. The fourth-order valence-corrected chi connectivity index (χ4v) is 3.26. The first kappa shape index (κ1) is 14.6. The molecule has 8 heteroatoms. The minimum absolute atomic E-state index is 0.188. The summed E-state index contributed by atoms with van der Waals surface area (Å²) in [7, 11) is 0. The third-order valence-electron chi connectivity index (χ3n) is 3.41. The van der Waals surface area contributed by atoms with E-state index in [0.29, 0.717) is 5.69 Å². The molecule has 1 aliphatic rings. The second kappa shape index (κ2) is 6.08. The molecule has 1 atom stereocenters. The van der Waals surface area contributed by atoms with Gasteiger partial charge in [0.05, 0.1) is 15.9 Å². The van der Waals surface area contributed by atoms with Crippen LogP contribution >= 0.6 is 11.8 Å².